The fourth-order valence-corrected chi connectivity index (χ4v) is 2.63. The zero-order valence-corrected chi connectivity index (χ0v) is 13.0. The molecular formula is C18H18F2N2O2. The van der Waals surface area contributed by atoms with Crippen LogP contribution in [0.25, 0.3) is 0 Å². The van der Waals surface area contributed by atoms with Gasteiger partial charge in [-0.1, -0.05) is 6.07 Å². The number of halogens is 2. The van der Waals surface area contributed by atoms with E-state index in [1.165, 1.54) is 6.07 Å². The van der Waals surface area contributed by atoms with E-state index in [9.17, 15) is 13.6 Å². The summed E-state index contributed by atoms with van der Waals surface area (Å²) in [5.74, 6) is -1.90. The molecule has 1 fully saturated rings. The Hall–Kier alpha value is -2.47. The maximum Gasteiger partial charge on any atom is 0.261 e. The lowest BCUT2D eigenvalue weighted by molar-refractivity contribution is 0.101. The fourth-order valence-electron chi connectivity index (χ4n) is 2.63. The van der Waals surface area contributed by atoms with E-state index in [4.69, 9.17) is 4.74 Å². The average Bonchev–Trinajstić information content (AvgIpc) is 2.57. The quantitative estimate of drug-likeness (QED) is 0.903. The molecule has 1 heterocycles. The van der Waals surface area contributed by atoms with E-state index in [-0.39, 0.29) is 6.10 Å². The number of carbonyl (C=O) groups excluding carboxylic acids is 1. The van der Waals surface area contributed by atoms with Gasteiger partial charge in [0.25, 0.3) is 5.91 Å². The third-order valence-electron chi connectivity index (χ3n) is 3.89. The molecule has 0 radical (unpaired) electrons. The van der Waals surface area contributed by atoms with Crippen LogP contribution in [0.5, 0.6) is 5.75 Å². The van der Waals surface area contributed by atoms with Gasteiger partial charge in [-0.05, 0) is 62.3 Å². The predicted molar refractivity (Wildman–Crippen MR) is 87.3 cm³/mol. The van der Waals surface area contributed by atoms with E-state index in [1.54, 1.807) is 24.3 Å². The van der Waals surface area contributed by atoms with Gasteiger partial charge in [0.05, 0.1) is 0 Å². The standard InChI is InChI=1S/C18H18F2N2O2/c19-15-2-1-3-16(20)17(15)18(23)22-12-4-6-13(7-5-12)24-14-8-10-21-11-9-14/h1-7,14,21H,8-11H2,(H,22,23). The number of hydrogen-bond acceptors (Lipinski definition) is 3. The summed E-state index contributed by atoms with van der Waals surface area (Å²) < 4.78 is 33.1. The highest BCUT2D eigenvalue weighted by atomic mass is 19.1. The van der Waals surface area contributed by atoms with Crippen molar-refractivity contribution in [3.8, 4) is 5.75 Å². The molecule has 0 aliphatic carbocycles. The summed E-state index contributed by atoms with van der Waals surface area (Å²) in [7, 11) is 0. The Labute approximate surface area is 138 Å². The zero-order chi connectivity index (χ0) is 16.9. The minimum absolute atomic E-state index is 0.180. The van der Waals surface area contributed by atoms with E-state index in [0.717, 1.165) is 38.1 Å². The van der Waals surface area contributed by atoms with E-state index in [0.29, 0.717) is 11.4 Å². The Morgan fingerprint density at radius 3 is 2.29 bits per heavy atom. The van der Waals surface area contributed by atoms with Gasteiger partial charge in [-0.2, -0.15) is 0 Å². The van der Waals surface area contributed by atoms with Gasteiger partial charge in [-0.25, -0.2) is 8.78 Å². The smallest absolute Gasteiger partial charge is 0.261 e. The minimum atomic E-state index is -0.890. The molecule has 1 amide bonds. The first-order valence-electron chi connectivity index (χ1n) is 7.86. The first-order chi connectivity index (χ1) is 11.6. The van der Waals surface area contributed by atoms with Crippen LogP contribution < -0.4 is 15.4 Å². The molecule has 126 valence electrons. The van der Waals surface area contributed by atoms with Crippen LogP contribution in [0.2, 0.25) is 0 Å². The molecule has 1 aliphatic heterocycles. The zero-order valence-electron chi connectivity index (χ0n) is 13.0. The van der Waals surface area contributed by atoms with Crippen LogP contribution in [0.4, 0.5) is 14.5 Å². The molecule has 0 aromatic heterocycles. The summed E-state index contributed by atoms with van der Waals surface area (Å²) in [5, 5.41) is 5.75. The van der Waals surface area contributed by atoms with Gasteiger partial charge < -0.3 is 15.4 Å². The van der Waals surface area contributed by atoms with Crippen molar-refractivity contribution in [2.24, 2.45) is 0 Å². The average molecular weight is 332 g/mol. The topological polar surface area (TPSA) is 50.4 Å². The van der Waals surface area contributed by atoms with Gasteiger partial charge in [-0.3, -0.25) is 4.79 Å². The third kappa shape index (κ3) is 3.89. The molecule has 4 nitrogen and oxygen atoms in total. The monoisotopic (exact) mass is 332 g/mol. The van der Waals surface area contributed by atoms with Crippen LogP contribution in [-0.4, -0.2) is 25.1 Å². The summed E-state index contributed by atoms with van der Waals surface area (Å²) in [6.07, 6.45) is 2.08. The number of rotatable bonds is 4. The van der Waals surface area contributed by atoms with Crippen molar-refractivity contribution in [3.05, 3.63) is 59.7 Å². The summed E-state index contributed by atoms with van der Waals surface area (Å²) in [6.45, 7) is 1.88. The molecule has 2 aromatic rings. The largest absolute Gasteiger partial charge is 0.490 e. The molecule has 2 N–H and O–H groups in total. The van der Waals surface area contributed by atoms with E-state index in [2.05, 4.69) is 10.6 Å². The Bertz CT molecular complexity index is 693. The van der Waals surface area contributed by atoms with Crippen LogP contribution in [0.3, 0.4) is 0 Å². The highest BCUT2D eigenvalue weighted by Gasteiger charge is 2.17. The number of carbonyl (C=O) groups is 1. The third-order valence-corrected chi connectivity index (χ3v) is 3.89. The van der Waals surface area contributed by atoms with E-state index < -0.39 is 23.1 Å². The summed E-state index contributed by atoms with van der Waals surface area (Å²) in [4.78, 5) is 12.0. The van der Waals surface area contributed by atoms with Crippen LogP contribution in [0.15, 0.2) is 42.5 Å². The second-order valence-electron chi connectivity index (χ2n) is 5.64. The van der Waals surface area contributed by atoms with Crippen LogP contribution in [0.1, 0.15) is 23.2 Å². The van der Waals surface area contributed by atoms with Gasteiger partial charge in [0.2, 0.25) is 0 Å². The van der Waals surface area contributed by atoms with Gasteiger partial charge in [0.1, 0.15) is 29.1 Å². The lowest BCUT2D eigenvalue weighted by Crippen LogP contribution is -2.34. The summed E-state index contributed by atoms with van der Waals surface area (Å²) >= 11 is 0. The summed E-state index contributed by atoms with van der Waals surface area (Å²) in [5.41, 5.74) is -0.146. The van der Waals surface area contributed by atoms with Gasteiger partial charge in [-0.15, -0.1) is 0 Å². The van der Waals surface area contributed by atoms with Crippen LogP contribution in [-0.2, 0) is 0 Å². The molecule has 6 heteroatoms. The lowest BCUT2D eigenvalue weighted by Gasteiger charge is -2.23. The van der Waals surface area contributed by atoms with Crippen molar-refractivity contribution in [2.75, 3.05) is 18.4 Å². The van der Waals surface area contributed by atoms with Crippen molar-refractivity contribution in [1.29, 1.82) is 0 Å². The maximum atomic E-state index is 13.6. The highest BCUT2D eigenvalue weighted by molar-refractivity contribution is 6.04. The molecule has 0 unspecified atom stereocenters. The first kappa shape index (κ1) is 16.4. The van der Waals surface area contributed by atoms with Gasteiger partial charge in [0.15, 0.2) is 0 Å². The molecule has 0 saturated carbocycles. The van der Waals surface area contributed by atoms with E-state index >= 15 is 0 Å². The number of benzene rings is 2. The van der Waals surface area contributed by atoms with Crippen molar-refractivity contribution in [2.45, 2.75) is 18.9 Å². The molecule has 1 saturated heterocycles. The Balaban J connectivity index is 1.64. The SMILES string of the molecule is O=C(Nc1ccc(OC2CCNCC2)cc1)c1c(F)cccc1F. The fraction of sp³-hybridized carbons (Fsp3) is 0.278. The number of anilines is 1. The van der Waals surface area contributed by atoms with Crippen LogP contribution in [0, 0.1) is 11.6 Å². The second-order valence-corrected chi connectivity index (χ2v) is 5.64. The molecule has 0 atom stereocenters. The number of hydrogen-bond donors (Lipinski definition) is 2. The van der Waals surface area contributed by atoms with Crippen molar-refractivity contribution < 1.29 is 18.3 Å². The Kier molecular flexibility index (Phi) is 5.05. The van der Waals surface area contributed by atoms with Crippen LogP contribution >= 0.6 is 0 Å². The molecule has 0 bridgehead atoms. The van der Waals surface area contributed by atoms with Crippen molar-refractivity contribution >= 4 is 11.6 Å². The van der Waals surface area contributed by atoms with Crippen molar-refractivity contribution in [1.82, 2.24) is 5.32 Å². The van der Waals surface area contributed by atoms with Gasteiger partial charge >= 0.3 is 0 Å². The number of piperidine rings is 1. The summed E-state index contributed by atoms with van der Waals surface area (Å²) in [6, 6.07) is 10.1. The maximum absolute atomic E-state index is 13.6. The van der Waals surface area contributed by atoms with Crippen molar-refractivity contribution in [3.63, 3.8) is 0 Å². The predicted octanol–water partition coefficient (Wildman–Crippen LogP) is 3.35. The molecule has 1 aliphatic rings. The lowest BCUT2D eigenvalue weighted by atomic mass is 10.1. The second kappa shape index (κ2) is 7.40. The number of nitrogens with one attached hydrogen (secondary N) is 2. The Morgan fingerprint density at radius 2 is 1.67 bits per heavy atom. The molecule has 2 aromatic carbocycles. The molecule has 3 rings (SSSR count). The normalized spacial score (nSPS) is 15.1. The molecular weight excluding hydrogens is 314 g/mol. The number of ether oxygens (including phenoxy) is 1. The molecule has 0 spiro atoms. The number of amides is 1. The highest BCUT2D eigenvalue weighted by Crippen LogP contribution is 2.21. The van der Waals surface area contributed by atoms with Gasteiger partial charge in [0, 0.05) is 5.69 Å². The molecule has 24 heavy (non-hydrogen) atoms. The Morgan fingerprint density at radius 1 is 1.04 bits per heavy atom. The first-order valence-corrected chi connectivity index (χ1v) is 7.86. The van der Waals surface area contributed by atoms with E-state index in [1.807, 2.05) is 0 Å². The minimum Gasteiger partial charge on any atom is -0.490 e.